The van der Waals surface area contributed by atoms with Crippen molar-refractivity contribution in [2.75, 3.05) is 6.66 Å². The standard InChI is InChI=1S/C4H11FP2/c1-3(5)4(6)7-2/h3-4,7H,6H2,1-2H3/t3-,4?/m1/s1. The summed E-state index contributed by atoms with van der Waals surface area (Å²) < 4.78 is 12.1. The molecule has 0 aliphatic heterocycles. The van der Waals surface area contributed by atoms with Gasteiger partial charge in [0.25, 0.3) is 0 Å². The van der Waals surface area contributed by atoms with Crippen molar-refractivity contribution in [1.82, 2.24) is 0 Å². The van der Waals surface area contributed by atoms with E-state index in [0.29, 0.717) is 8.58 Å². The van der Waals surface area contributed by atoms with E-state index in [1.807, 2.05) is 6.66 Å². The molecule has 3 unspecified atom stereocenters. The first-order chi connectivity index (χ1) is 3.18. The molecule has 44 valence electrons. The molecule has 4 atom stereocenters. The molecule has 0 amide bonds. The van der Waals surface area contributed by atoms with Gasteiger partial charge in [-0.2, -0.15) is 0 Å². The van der Waals surface area contributed by atoms with E-state index in [-0.39, 0.29) is 5.40 Å². The normalized spacial score (nSPS) is 20.6. The predicted octanol–water partition coefficient (Wildman–Crippen LogP) is 1.85. The summed E-state index contributed by atoms with van der Waals surface area (Å²) >= 11 is 0. The topological polar surface area (TPSA) is 0 Å². The van der Waals surface area contributed by atoms with Gasteiger partial charge in [-0.25, -0.2) is 4.39 Å². The molecule has 0 heterocycles. The molecule has 0 aromatic rings. The molecule has 0 nitrogen and oxygen atoms in total. The zero-order valence-electron chi connectivity index (χ0n) is 4.61. The molecule has 0 bridgehead atoms. The SMILES string of the molecule is CPC(P)[C@@H](C)F. The Morgan fingerprint density at radius 1 is 1.71 bits per heavy atom. The van der Waals surface area contributed by atoms with E-state index in [2.05, 4.69) is 9.24 Å². The Morgan fingerprint density at radius 3 is 2.14 bits per heavy atom. The van der Waals surface area contributed by atoms with Gasteiger partial charge in [-0.15, -0.1) is 17.8 Å². The molecule has 0 rings (SSSR count). The number of hydrogen-bond donors (Lipinski definition) is 0. The minimum absolute atomic E-state index is 0.181. The number of hydrogen-bond acceptors (Lipinski definition) is 0. The van der Waals surface area contributed by atoms with E-state index in [9.17, 15) is 4.39 Å². The van der Waals surface area contributed by atoms with Crippen LogP contribution in [-0.2, 0) is 0 Å². The lowest BCUT2D eigenvalue weighted by atomic mass is 10.5. The van der Waals surface area contributed by atoms with Gasteiger partial charge in [-0.1, -0.05) is 0 Å². The second-order valence-corrected chi connectivity index (χ2v) is 4.12. The van der Waals surface area contributed by atoms with E-state index in [4.69, 9.17) is 0 Å². The molecule has 0 aliphatic carbocycles. The smallest absolute Gasteiger partial charge is 0.107 e. The molecule has 7 heavy (non-hydrogen) atoms. The van der Waals surface area contributed by atoms with Crippen LogP contribution in [0.15, 0.2) is 0 Å². The maximum atomic E-state index is 12.1. The van der Waals surface area contributed by atoms with Gasteiger partial charge in [0, 0.05) is 5.40 Å². The third-order valence-electron chi connectivity index (χ3n) is 0.828. The number of rotatable bonds is 2. The molecule has 0 aromatic carbocycles. The van der Waals surface area contributed by atoms with Gasteiger partial charge in [0.05, 0.1) is 0 Å². The van der Waals surface area contributed by atoms with Gasteiger partial charge < -0.3 is 0 Å². The van der Waals surface area contributed by atoms with Crippen molar-refractivity contribution in [1.29, 1.82) is 0 Å². The molecule has 0 radical (unpaired) electrons. The van der Waals surface area contributed by atoms with E-state index in [1.54, 1.807) is 6.92 Å². The minimum Gasteiger partial charge on any atom is -0.247 e. The zero-order valence-corrected chi connectivity index (χ0v) is 6.76. The van der Waals surface area contributed by atoms with Crippen LogP contribution in [0.5, 0.6) is 0 Å². The van der Waals surface area contributed by atoms with Crippen molar-refractivity contribution in [3.8, 4) is 0 Å². The third kappa shape index (κ3) is 3.38. The Balaban J connectivity index is 3.14. The van der Waals surface area contributed by atoms with Crippen molar-refractivity contribution in [3.63, 3.8) is 0 Å². The van der Waals surface area contributed by atoms with Crippen molar-refractivity contribution < 1.29 is 4.39 Å². The van der Waals surface area contributed by atoms with Crippen LogP contribution in [0.4, 0.5) is 4.39 Å². The second-order valence-electron chi connectivity index (χ2n) is 1.49. The average molecular weight is 140 g/mol. The van der Waals surface area contributed by atoms with Gasteiger partial charge in [-0.3, -0.25) is 0 Å². The van der Waals surface area contributed by atoms with Crippen LogP contribution in [0.2, 0.25) is 0 Å². The molecular formula is C4H11FP2. The first-order valence-corrected chi connectivity index (χ1v) is 4.49. The summed E-state index contributed by atoms with van der Waals surface area (Å²) in [6.07, 6.45) is -0.659. The number of halogens is 1. The summed E-state index contributed by atoms with van der Waals surface area (Å²) in [6, 6.07) is 0. The fourth-order valence-electron chi connectivity index (χ4n) is 0.230. The highest BCUT2D eigenvalue weighted by atomic mass is 31.1. The lowest BCUT2D eigenvalue weighted by Crippen LogP contribution is -2.03. The summed E-state index contributed by atoms with van der Waals surface area (Å²) in [5.74, 6) is 0. The summed E-state index contributed by atoms with van der Waals surface area (Å²) in [4.78, 5) is 0. The minimum atomic E-state index is -0.659. The first-order valence-electron chi connectivity index (χ1n) is 2.25. The first kappa shape index (κ1) is 7.79. The molecule has 0 saturated carbocycles. The zero-order chi connectivity index (χ0) is 5.86. The van der Waals surface area contributed by atoms with Crippen LogP contribution in [0.3, 0.4) is 0 Å². The molecule has 0 saturated heterocycles. The van der Waals surface area contributed by atoms with Gasteiger partial charge in [-0.05, 0) is 13.6 Å². The van der Waals surface area contributed by atoms with Crippen LogP contribution in [0.25, 0.3) is 0 Å². The van der Waals surface area contributed by atoms with Crippen LogP contribution < -0.4 is 0 Å². The summed E-state index contributed by atoms with van der Waals surface area (Å²) in [5, 5.41) is 0.181. The van der Waals surface area contributed by atoms with Crippen LogP contribution in [0.1, 0.15) is 6.92 Å². The lowest BCUT2D eigenvalue weighted by Gasteiger charge is -2.06. The Hall–Kier alpha value is 0.790. The Morgan fingerprint density at radius 2 is 2.14 bits per heavy atom. The quantitative estimate of drug-likeness (QED) is 0.513. The van der Waals surface area contributed by atoms with E-state index >= 15 is 0 Å². The second kappa shape index (κ2) is 3.75. The van der Waals surface area contributed by atoms with E-state index in [0.717, 1.165) is 0 Å². The molecule has 0 fully saturated rings. The van der Waals surface area contributed by atoms with Crippen molar-refractivity contribution >= 4 is 17.8 Å². The molecule has 0 spiro atoms. The van der Waals surface area contributed by atoms with E-state index < -0.39 is 6.17 Å². The highest BCUT2D eigenvalue weighted by Crippen LogP contribution is 2.25. The lowest BCUT2D eigenvalue weighted by molar-refractivity contribution is 0.385. The van der Waals surface area contributed by atoms with E-state index in [1.165, 1.54) is 0 Å². The fraction of sp³-hybridized carbons (Fsp3) is 1.00. The van der Waals surface area contributed by atoms with Gasteiger partial charge in [0.2, 0.25) is 0 Å². The van der Waals surface area contributed by atoms with Gasteiger partial charge in [0.15, 0.2) is 0 Å². The predicted molar refractivity (Wildman–Crippen MR) is 38.3 cm³/mol. The van der Waals surface area contributed by atoms with Gasteiger partial charge in [0.1, 0.15) is 6.17 Å². The molecule has 3 heteroatoms. The third-order valence-corrected chi connectivity index (χ3v) is 3.48. The highest BCUT2D eigenvalue weighted by molar-refractivity contribution is 7.49. The summed E-state index contributed by atoms with van der Waals surface area (Å²) in [5.41, 5.74) is 0. The maximum Gasteiger partial charge on any atom is 0.107 e. The Kier molecular flexibility index (Phi) is 4.17. The summed E-state index contributed by atoms with van der Waals surface area (Å²) in [6.45, 7) is 3.60. The molecule has 0 aromatic heterocycles. The van der Waals surface area contributed by atoms with Crippen LogP contribution >= 0.6 is 17.8 Å². The highest BCUT2D eigenvalue weighted by Gasteiger charge is 2.05. The average Bonchev–Trinajstić information content (AvgIpc) is 1.65. The van der Waals surface area contributed by atoms with Crippen molar-refractivity contribution in [2.45, 2.75) is 18.5 Å². The maximum absolute atomic E-state index is 12.1. The monoisotopic (exact) mass is 140 g/mol. The largest absolute Gasteiger partial charge is 0.247 e. The molecule has 0 aliphatic rings. The van der Waals surface area contributed by atoms with Crippen LogP contribution in [0, 0.1) is 0 Å². The molecular weight excluding hydrogens is 129 g/mol. The van der Waals surface area contributed by atoms with Gasteiger partial charge >= 0.3 is 0 Å². The van der Waals surface area contributed by atoms with Crippen molar-refractivity contribution in [2.24, 2.45) is 0 Å². The Labute approximate surface area is 48.2 Å². The van der Waals surface area contributed by atoms with Crippen molar-refractivity contribution in [3.05, 3.63) is 0 Å². The fourth-order valence-corrected chi connectivity index (χ4v) is 0.689. The Bertz CT molecular complexity index is 47.0. The number of alkyl halides is 1. The van der Waals surface area contributed by atoms with Crippen LogP contribution in [-0.4, -0.2) is 18.2 Å². The molecule has 0 N–H and O–H groups in total. The summed E-state index contributed by atoms with van der Waals surface area (Å²) in [7, 11) is 3.19.